The minimum atomic E-state index is -0.00120. The molecule has 0 aliphatic carbocycles. The highest BCUT2D eigenvalue weighted by Crippen LogP contribution is 2.40. The summed E-state index contributed by atoms with van der Waals surface area (Å²) in [4.78, 5) is 12.1. The second-order valence-electron chi connectivity index (χ2n) is 6.39. The van der Waals surface area contributed by atoms with Gasteiger partial charge in [-0.25, -0.2) is 9.97 Å². The van der Waals surface area contributed by atoms with Gasteiger partial charge in [-0.15, -0.1) is 0 Å². The van der Waals surface area contributed by atoms with Gasteiger partial charge in [-0.05, 0) is 59.1 Å². The van der Waals surface area contributed by atoms with E-state index in [1.54, 1.807) is 0 Å². The number of likely N-dealkylation sites (tertiary alicyclic amines) is 1. The number of nitrogens with zero attached hydrogens (tertiary/aromatic N) is 3. The van der Waals surface area contributed by atoms with E-state index in [1.165, 1.54) is 6.42 Å². The molecule has 0 spiro atoms. The van der Waals surface area contributed by atoms with Crippen LogP contribution in [0.25, 0.3) is 0 Å². The largest absolute Gasteiger partial charge is 0.381 e. The molecule has 20 heavy (non-hydrogen) atoms. The maximum atomic E-state index is 5.51. The Bertz CT molecular complexity index is 464. The third-order valence-corrected chi connectivity index (χ3v) is 4.79. The van der Waals surface area contributed by atoms with Gasteiger partial charge in [0.15, 0.2) is 0 Å². The summed E-state index contributed by atoms with van der Waals surface area (Å²) >= 11 is 0. The summed E-state index contributed by atoms with van der Waals surface area (Å²) < 4.78 is 5.51. The molecule has 0 aromatic carbocycles. The summed E-state index contributed by atoms with van der Waals surface area (Å²) in [7, 11) is 0. The smallest absolute Gasteiger partial charge is 0.148 e. The van der Waals surface area contributed by atoms with Crippen LogP contribution in [0.4, 0.5) is 0 Å². The fraction of sp³-hybridized carbons (Fsp3) is 0.750. The Morgan fingerprint density at radius 3 is 2.50 bits per heavy atom. The summed E-state index contributed by atoms with van der Waals surface area (Å²) in [5.41, 5.74) is 2.15. The highest BCUT2D eigenvalue weighted by molar-refractivity contribution is 5.16. The molecule has 0 bridgehead atoms. The van der Waals surface area contributed by atoms with Gasteiger partial charge in [0, 0.05) is 30.6 Å². The highest BCUT2D eigenvalue weighted by Gasteiger charge is 2.44. The molecule has 0 amide bonds. The number of ether oxygens (including phenoxy) is 1. The van der Waals surface area contributed by atoms with Crippen LogP contribution in [0.2, 0.25) is 0 Å². The van der Waals surface area contributed by atoms with Crippen LogP contribution >= 0.6 is 0 Å². The predicted octanol–water partition coefficient (Wildman–Crippen LogP) is 2.58. The third-order valence-electron chi connectivity index (χ3n) is 4.79. The molecule has 2 aliphatic rings. The Morgan fingerprint density at radius 2 is 1.85 bits per heavy atom. The van der Waals surface area contributed by atoms with Crippen molar-refractivity contribution in [1.82, 2.24) is 14.9 Å². The lowest BCUT2D eigenvalue weighted by Crippen LogP contribution is -2.48. The van der Waals surface area contributed by atoms with E-state index in [0.717, 1.165) is 56.2 Å². The van der Waals surface area contributed by atoms with Crippen molar-refractivity contribution >= 4 is 0 Å². The maximum absolute atomic E-state index is 5.51. The Kier molecular flexibility index (Phi) is 3.78. The molecule has 2 saturated heterocycles. The van der Waals surface area contributed by atoms with Crippen LogP contribution in [0.1, 0.15) is 49.8 Å². The van der Waals surface area contributed by atoms with Crippen LogP contribution in [-0.4, -0.2) is 40.7 Å². The number of rotatable bonds is 2. The van der Waals surface area contributed by atoms with Gasteiger partial charge in [-0.3, -0.25) is 4.90 Å². The van der Waals surface area contributed by atoms with E-state index in [-0.39, 0.29) is 5.54 Å². The molecule has 4 nitrogen and oxygen atoms in total. The van der Waals surface area contributed by atoms with Gasteiger partial charge in [-0.1, -0.05) is 0 Å². The van der Waals surface area contributed by atoms with Crippen LogP contribution in [0.5, 0.6) is 0 Å². The van der Waals surface area contributed by atoms with Gasteiger partial charge < -0.3 is 4.74 Å². The van der Waals surface area contributed by atoms with E-state index < -0.39 is 0 Å². The molecule has 0 N–H and O–H groups in total. The normalized spacial score (nSPS) is 28.9. The topological polar surface area (TPSA) is 38.2 Å². The molecule has 1 atom stereocenters. The minimum absolute atomic E-state index is 0.00120. The molecule has 3 heterocycles. The van der Waals surface area contributed by atoms with Gasteiger partial charge >= 0.3 is 0 Å². The lowest BCUT2D eigenvalue weighted by molar-refractivity contribution is 0.00192. The van der Waals surface area contributed by atoms with E-state index in [2.05, 4.69) is 31.7 Å². The van der Waals surface area contributed by atoms with E-state index in [9.17, 15) is 0 Å². The zero-order valence-corrected chi connectivity index (χ0v) is 12.9. The number of aryl methyl sites for hydroxylation is 2. The zero-order valence-electron chi connectivity index (χ0n) is 12.9. The number of hydrogen-bond acceptors (Lipinski definition) is 4. The summed E-state index contributed by atoms with van der Waals surface area (Å²) in [6, 6.07) is 2.68. The standard InChI is InChI=1S/C16H25N3O/c1-12-11-13(2)18-15(17-12)16(3)7-4-8-19(16)14-5-9-20-10-6-14/h11,14H,4-10H2,1-3H3. The Balaban J connectivity index is 1.91. The van der Waals surface area contributed by atoms with Gasteiger partial charge in [0.05, 0.1) is 5.54 Å². The molecule has 4 heteroatoms. The highest BCUT2D eigenvalue weighted by atomic mass is 16.5. The van der Waals surface area contributed by atoms with Crippen molar-refractivity contribution in [1.29, 1.82) is 0 Å². The van der Waals surface area contributed by atoms with Crippen molar-refractivity contribution in [3.05, 3.63) is 23.3 Å². The van der Waals surface area contributed by atoms with Crippen molar-refractivity contribution in [2.75, 3.05) is 19.8 Å². The molecular formula is C16H25N3O. The van der Waals surface area contributed by atoms with Gasteiger partial charge in [0.1, 0.15) is 5.82 Å². The Labute approximate surface area is 121 Å². The fourth-order valence-electron chi connectivity index (χ4n) is 3.77. The van der Waals surface area contributed by atoms with Gasteiger partial charge in [0.25, 0.3) is 0 Å². The van der Waals surface area contributed by atoms with Crippen LogP contribution in [0.15, 0.2) is 6.07 Å². The zero-order chi connectivity index (χ0) is 14.2. The first-order valence-corrected chi connectivity index (χ1v) is 7.77. The van der Waals surface area contributed by atoms with Crippen LogP contribution < -0.4 is 0 Å². The first-order chi connectivity index (χ1) is 9.59. The van der Waals surface area contributed by atoms with Crippen molar-refractivity contribution < 1.29 is 4.74 Å². The lowest BCUT2D eigenvalue weighted by Gasteiger charge is -2.41. The molecule has 3 rings (SSSR count). The SMILES string of the molecule is Cc1cc(C)nc(C2(C)CCCN2C2CCOCC2)n1. The molecule has 2 fully saturated rings. The Morgan fingerprint density at radius 1 is 1.20 bits per heavy atom. The van der Waals surface area contributed by atoms with Gasteiger partial charge in [-0.2, -0.15) is 0 Å². The average molecular weight is 275 g/mol. The van der Waals surface area contributed by atoms with Crippen LogP contribution in [0.3, 0.4) is 0 Å². The Hall–Kier alpha value is -1.00. The average Bonchev–Trinajstić information content (AvgIpc) is 2.82. The molecule has 1 aromatic rings. The second-order valence-corrected chi connectivity index (χ2v) is 6.39. The first kappa shape index (κ1) is 14.0. The molecular weight excluding hydrogens is 250 g/mol. The molecule has 1 aromatic heterocycles. The van der Waals surface area contributed by atoms with Crippen LogP contribution in [0, 0.1) is 13.8 Å². The maximum Gasteiger partial charge on any atom is 0.148 e. The van der Waals surface area contributed by atoms with Crippen molar-refractivity contribution in [3.63, 3.8) is 0 Å². The first-order valence-electron chi connectivity index (χ1n) is 7.77. The summed E-state index contributed by atoms with van der Waals surface area (Å²) in [6.45, 7) is 9.40. The molecule has 110 valence electrons. The third kappa shape index (κ3) is 2.47. The number of aromatic nitrogens is 2. The predicted molar refractivity (Wildman–Crippen MR) is 78.6 cm³/mol. The van der Waals surface area contributed by atoms with Crippen molar-refractivity contribution in [3.8, 4) is 0 Å². The van der Waals surface area contributed by atoms with E-state index >= 15 is 0 Å². The van der Waals surface area contributed by atoms with Crippen LogP contribution in [-0.2, 0) is 10.3 Å². The quantitative estimate of drug-likeness (QED) is 0.831. The minimum Gasteiger partial charge on any atom is -0.381 e. The van der Waals surface area contributed by atoms with E-state index in [0.29, 0.717) is 6.04 Å². The lowest BCUT2D eigenvalue weighted by atomic mass is 9.94. The van der Waals surface area contributed by atoms with E-state index in [4.69, 9.17) is 14.7 Å². The van der Waals surface area contributed by atoms with Crippen molar-refractivity contribution in [2.24, 2.45) is 0 Å². The van der Waals surface area contributed by atoms with E-state index in [1.807, 2.05) is 0 Å². The molecule has 2 aliphatic heterocycles. The molecule has 0 radical (unpaired) electrons. The monoisotopic (exact) mass is 275 g/mol. The van der Waals surface area contributed by atoms with Crippen molar-refractivity contribution in [2.45, 2.75) is 58.0 Å². The second kappa shape index (κ2) is 5.41. The summed E-state index contributed by atoms with van der Waals surface area (Å²) in [5.74, 6) is 1.01. The summed E-state index contributed by atoms with van der Waals surface area (Å²) in [5, 5.41) is 0. The van der Waals surface area contributed by atoms with Gasteiger partial charge in [0.2, 0.25) is 0 Å². The number of hydrogen-bond donors (Lipinski definition) is 0. The fourth-order valence-corrected chi connectivity index (χ4v) is 3.77. The summed E-state index contributed by atoms with van der Waals surface area (Å²) in [6.07, 6.45) is 4.68. The molecule has 1 unspecified atom stereocenters. The molecule has 0 saturated carbocycles.